The molecule has 4 aromatic rings. The van der Waals surface area contributed by atoms with Crippen molar-refractivity contribution in [3.63, 3.8) is 0 Å². The third-order valence-electron chi connectivity index (χ3n) is 6.44. The van der Waals surface area contributed by atoms with Crippen LogP contribution in [0.15, 0.2) is 73.1 Å². The maximum atomic E-state index is 13.6. The Balaban J connectivity index is 1.49. The third kappa shape index (κ3) is 4.78. The van der Waals surface area contributed by atoms with Gasteiger partial charge >= 0.3 is 0 Å². The highest BCUT2D eigenvalue weighted by Crippen LogP contribution is 2.29. The van der Waals surface area contributed by atoms with E-state index < -0.39 is 0 Å². The molecule has 0 spiro atoms. The minimum Gasteiger partial charge on any atom is -0.355 e. The van der Waals surface area contributed by atoms with Gasteiger partial charge in [0.1, 0.15) is 23.3 Å². The number of nitrogens with zero attached hydrogens (tertiary/aromatic N) is 5. The third-order valence-corrected chi connectivity index (χ3v) is 6.44. The molecule has 0 amide bonds. The molecule has 1 aliphatic rings. The summed E-state index contributed by atoms with van der Waals surface area (Å²) in [6.45, 7) is 6.34. The van der Waals surface area contributed by atoms with Crippen LogP contribution in [0.5, 0.6) is 0 Å². The molecule has 2 aromatic heterocycles. The number of imidazole rings is 1. The Labute approximate surface area is 199 Å². The average molecular weight is 457 g/mol. The summed E-state index contributed by atoms with van der Waals surface area (Å²) < 4.78 is 15.6. The van der Waals surface area contributed by atoms with Crippen molar-refractivity contribution in [1.82, 2.24) is 19.5 Å². The Morgan fingerprint density at radius 2 is 1.68 bits per heavy atom. The Morgan fingerprint density at radius 1 is 0.941 bits per heavy atom. The number of piperidine rings is 1. The molecule has 0 bridgehead atoms. The number of aromatic nitrogens is 4. The molecule has 0 aliphatic carbocycles. The van der Waals surface area contributed by atoms with Crippen LogP contribution in [0.4, 0.5) is 16.2 Å². The smallest absolute Gasteiger partial charge is 0.225 e. The van der Waals surface area contributed by atoms with E-state index in [-0.39, 0.29) is 11.9 Å². The molecule has 1 atom stereocenters. The van der Waals surface area contributed by atoms with Crippen molar-refractivity contribution in [2.75, 3.05) is 23.3 Å². The minimum atomic E-state index is -0.268. The molecule has 0 radical (unpaired) electrons. The van der Waals surface area contributed by atoms with Gasteiger partial charge in [0.05, 0.1) is 12.2 Å². The SMILES string of the molecule is CC1CCN(c2cn(-c3ccnc(N[C@@H](C)c4ccccc4)n3)c(-c3ccc(F)cc3)n2)CC1. The molecule has 1 N–H and O–H groups in total. The molecular formula is C27H29FN6. The van der Waals surface area contributed by atoms with Crippen LogP contribution in [0.3, 0.4) is 0 Å². The van der Waals surface area contributed by atoms with E-state index in [0.717, 1.165) is 54.6 Å². The first-order chi connectivity index (χ1) is 16.6. The van der Waals surface area contributed by atoms with E-state index in [1.54, 1.807) is 18.3 Å². The van der Waals surface area contributed by atoms with E-state index in [1.165, 1.54) is 12.1 Å². The number of hydrogen-bond donors (Lipinski definition) is 1. The van der Waals surface area contributed by atoms with Crippen LogP contribution in [-0.2, 0) is 0 Å². The molecule has 34 heavy (non-hydrogen) atoms. The standard InChI is InChI=1S/C27H29FN6/c1-19-13-16-33(17-14-19)25-18-34(26(31-25)22-8-10-23(28)11-9-22)24-12-15-29-27(32-24)30-20(2)21-6-4-3-5-7-21/h3-12,15,18-20H,13-14,16-17H2,1-2H3,(H,29,30,32)/t20-/m0/s1. The van der Waals surface area contributed by atoms with Gasteiger partial charge in [-0.1, -0.05) is 37.3 Å². The van der Waals surface area contributed by atoms with Gasteiger partial charge in [-0.2, -0.15) is 4.98 Å². The number of nitrogens with one attached hydrogen (secondary N) is 1. The molecule has 1 aliphatic heterocycles. The van der Waals surface area contributed by atoms with Gasteiger partial charge in [-0.25, -0.2) is 14.4 Å². The second-order valence-electron chi connectivity index (χ2n) is 8.98. The summed E-state index contributed by atoms with van der Waals surface area (Å²) in [5.41, 5.74) is 2.00. The summed E-state index contributed by atoms with van der Waals surface area (Å²) in [5.74, 6) is 3.36. The Morgan fingerprint density at radius 3 is 2.41 bits per heavy atom. The summed E-state index contributed by atoms with van der Waals surface area (Å²) in [6.07, 6.45) is 6.08. The van der Waals surface area contributed by atoms with Crippen molar-refractivity contribution >= 4 is 11.8 Å². The number of halogens is 1. The van der Waals surface area contributed by atoms with Gasteiger partial charge < -0.3 is 10.2 Å². The van der Waals surface area contributed by atoms with Crippen molar-refractivity contribution < 1.29 is 4.39 Å². The van der Waals surface area contributed by atoms with E-state index in [1.807, 2.05) is 35.0 Å². The molecule has 3 heterocycles. The minimum absolute atomic E-state index is 0.0571. The van der Waals surface area contributed by atoms with Gasteiger partial charge in [-0.15, -0.1) is 0 Å². The molecule has 0 saturated carbocycles. The fourth-order valence-corrected chi connectivity index (χ4v) is 4.31. The molecule has 0 unspecified atom stereocenters. The largest absolute Gasteiger partial charge is 0.355 e. The highest BCUT2D eigenvalue weighted by atomic mass is 19.1. The topological polar surface area (TPSA) is 58.9 Å². The van der Waals surface area contributed by atoms with Crippen LogP contribution in [0.1, 0.15) is 38.3 Å². The molecule has 6 nitrogen and oxygen atoms in total. The molecule has 5 rings (SSSR count). The van der Waals surface area contributed by atoms with Gasteiger partial charge in [0.15, 0.2) is 0 Å². The molecule has 1 fully saturated rings. The summed E-state index contributed by atoms with van der Waals surface area (Å²) in [5, 5.41) is 3.39. The van der Waals surface area contributed by atoms with E-state index in [9.17, 15) is 4.39 Å². The summed E-state index contributed by atoms with van der Waals surface area (Å²) >= 11 is 0. The fraction of sp³-hybridized carbons (Fsp3) is 0.296. The van der Waals surface area contributed by atoms with Gasteiger partial charge in [0, 0.05) is 24.8 Å². The van der Waals surface area contributed by atoms with Gasteiger partial charge in [-0.3, -0.25) is 4.57 Å². The van der Waals surface area contributed by atoms with Crippen molar-refractivity contribution in [1.29, 1.82) is 0 Å². The molecule has 2 aromatic carbocycles. The van der Waals surface area contributed by atoms with E-state index in [4.69, 9.17) is 9.97 Å². The monoisotopic (exact) mass is 456 g/mol. The summed E-state index contributed by atoms with van der Waals surface area (Å²) in [4.78, 5) is 16.5. The fourth-order valence-electron chi connectivity index (χ4n) is 4.31. The van der Waals surface area contributed by atoms with Crippen LogP contribution in [0, 0.1) is 11.7 Å². The Kier molecular flexibility index (Phi) is 6.25. The van der Waals surface area contributed by atoms with E-state index in [0.29, 0.717) is 11.8 Å². The van der Waals surface area contributed by atoms with Gasteiger partial charge in [0.2, 0.25) is 5.95 Å². The maximum absolute atomic E-state index is 13.6. The summed E-state index contributed by atoms with van der Waals surface area (Å²) in [7, 11) is 0. The maximum Gasteiger partial charge on any atom is 0.225 e. The lowest BCUT2D eigenvalue weighted by Crippen LogP contribution is -2.32. The van der Waals surface area contributed by atoms with Gasteiger partial charge in [0.25, 0.3) is 0 Å². The number of anilines is 2. The second kappa shape index (κ2) is 9.63. The first-order valence-electron chi connectivity index (χ1n) is 11.8. The van der Waals surface area contributed by atoms with Crippen molar-refractivity contribution in [3.8, 4) is 17.2 Å². The van der Waals surface area contributed by atoms with Crippen LogP contribution < -0.4 is 10.2 Å². The van der Waals surface area contributed by atoms with Gasteiger partial charge in [-0.05, 0) is 61.6 Å². The van der Waals surface area contributed by atoms with Crippen LogP contribution in [-0.4, -0.2) is 32.6 Å². The first kappa shape index (κ1) is 22.1. The number of benzene rings is 2. The summed E-state index contributed by atoms with van der Waals surface area (Å²) in [6, 6.07) is 18.6. The second-order valence-corrected chi connectivity index (χ2v) is 8.98. The van der Waals surface area contributed by atoms with Crippen LogP contribution in [0.25, 0.3) is 17.2 Å². The Hall–Kier alpha value is -3.74. The van der Waals surface area contributed by atoms with Crippen molar-refractivity contribution in [2.24, 2.45) is 5.92 Å². The first-order valence-corrected chi connectivity index (χ1v) is 11.8. The molecule has 1 saturated heterocycles. The zero-order chi connectivity index (χ0) is 23.5. The predicted octanol–water partition coefficient (Wildman–Crippen LogP) is 5.88. The lowest BCUT2D eigenvalue weighted by Gasteiger charge is -2.30. The normalized spacial score (nSPS) is 15.3. The number of rotatable bonds is 6. The lowest BCUT2D eigenvalue weighted by atomic mass is 9.99. The van der Waals surface area contributed by atoms with Crippen molar-refractivity contribution in [3.05, 3.63) is 84.4 Å². The average Bonchev–Trinajstić information content (AvgIpc) is 3.31. The zero-order valence-corrected chi connectivity index (χ0v) is 19.5. The lowest BCUT2D eigenvalue weighted by molar-refractivity contribution is 0.437. The highest BCUT2D eigenvalue weighted by molar-refractivity contribution is 5.62. The van der Waals surface area contributed by atoms with Crippen LogP contribution >= 0.6 is 0 Å². The quantitative estimate of drug-likeness (QED) is 0.393. The zero-order valence-electron chi connectivity index (χ0n) is 19.5. The Bertz CT molecular complexity index is 1230. The van der Waals surface area contributed by atoms with Crippen molar-refractivity contribution in [2.45, 2.75) is 32.7 Å². The highest BCUT2D eigenvalue weighted by Gasteiger charge is 2.21. The van der Waals surface area contributed by atoms with E-state index in [2.05, 4.69) is 41.2 Å². The molecule has 7 heteroatoms. The van der Waals surface area contributed by atoms with Crippen LogP contribution in [0.2, 0.25) is 0 Å². The van der Waals surface area contributed by atoms with E-state index >= 15 is 0 Å². The molecular weight excluding hydrogens is 427 g/mol. The molecule has 174 valence electrons. The number of hydrogen-bond acceptors (Lipinski definition) is 5. The predicted molar refractivity (Wildman–Crippen MR) is 134 cm³/mol.